The quantitative estimate of drug-likeness (QED) is 0.464. The Balaban J connectivity index is 1.83. The van der Waals surface area contributed by atoms with E-state index in [1.54, 1.807) is 0 Å². The summed E-state index contributed by atoms with van der Waals surface area (Å²) in [6.07, 6.45) is 7.13. The Morgan fingerprint density at radius 3 is 2.68 bits per heavy atom. The average molecular weight is 351 g/mol. The van der Waals surface area contributed by atoms with Crippen LogP contribution in [0.25, 0.3) is 0 Å². The normalized spacial score (nSPS) is 15.4. The highest BCUT2D eigenvalue weighted by atomic mass is 19.1. The van der Waals surface area contributed by atoms with Gasteiger partial charge in [-0.1, -0.05) is 19.3 Å². The van der Waals surface area contributed by atoms with E-state index in [1.807, 2.05) is 0 Å². The largest absolute Gasteiger partial charge is 0.352 e. The maximum Gasteiger partial charge on any atom is 0.276 e. The Morgan fingerprint density at radius 2 is 2.04 bits per heavy atom. The van der Waals surface area contributed by atoms with Crippen LogP contribution in [0.4, 0.5) is 10.1 Å². The monoisotopic (exact) mass is 351 g/mol. The van der Waals surface area contributed by atoms with Crippen molar-refractivity contribution in [3.05, 3.63) is 39.2 Å². The van der Waals surface area contributed by atoms with Crippen LogP contribution in [0.5, 0.6) is 0 Å². The molecule has 2 rings (SSSR count). The van der Waals surface area contributed by atoms with Crippen LogP contribution in [-0.4, -0.2) is 41.9 Å². The maximum atomic E-state index is 13.8. The fourth-order valence-electron chi connectivity index (χ4n) is 3.32. The number of hydrogen-bond donors (Lipinski definition) is 1. The van der Waals surface area contributed by atoms with Crippen LogP contribution in [0.3, 0.4) is 0 Å². The van der Waals surface area contributed by atoms with Crippen LogP contribution < -0.4 is 5.32 Å². The summed E-state index contributed by atoms with van der Waals surface area (Å²) >= 11 is 0. The van der Waals surface area contributed by atoms with Gasteiger partial charge in [-0.2, -0.15) is 0 Å². The molecule has 1 N–H and O–H groups in total. The summed E-state index contributed by atoms with van der Waals surface area (Å²) in [6, 6.07) is 2.80. The molecule has 0 heterocycles. The predicted molar refractivity (Wildman–Crippen MR) is 94.2 cm³/mol. The molecule has 1 fully saturated rings. The summed E-state index contributed by atoms with van der Waals surface area (Å²) in [7, 11) is 2.11. The van der Waals surface area contributed by atoms with Crippen LogP contribution in [0.2, 0.25) is 0 Å². The summed E-state index contributed by atoms with van der Waals surface area (Å²) in [5.74, 6) is -1.22. The average Bonchev–Trinajstić information content (AvgIpc) is 2.60. The fraction of sp³-hybridized carbons (Fsp3) is 0.611. The molecule has 0 aromatic heterocycles. The Hall–Kier alpha value is -2.02. The molecule has 1 amide bonds. The summed E-state index contributed by atoms with van der Waals surface area (Å²) < 4.78 is 13.8. The standard InChI is InChI=1S/C18H26FN3O3/c1-13-16(19)11-14(12-17(13)22(24)25)18(23)20-9-6-10-21(2)15-7-4-3-5-8-15/h11-12,15H,3-10H2,1-2H3,(H,20,23). The molecule has 1 aromatic carbocycles. The highest BCUT2D eigenvalue weighted by Gasteiger charge is 2.20. The number of carbonyl (C=O) groups excluding carboxylic acids is 1. The third kappa shape index (κ3) is 5.22. The highest BCUT2D eigenvalue weighted by Crippen LogP contribution is 2.23. The lowest BCUT2D eigenvalue weighted by Crippen LogP contribution is -2.35. The second-order valence-electron chi connectivity index (χ2n) is 6.74. The van der Waals surface area contributed by atoms with Crippen molar-refractivity contribution in [1.82, 2.24) is 10.2 Å². The molecule has 1 aliphatic carbocycles. The van der Waals surface area contributed by atoms with Crippen molar-refractivity contribution < 1.29 is 14.1 Å². The summed E-state index contributed by atoms with van der Waals surface area (Å²) in [4.78, 5) is 24.7. The summed E-state index contributed by atoms with van der Waals surface area (Å²) in [5.41, 5.74) is -0.451. The lowest BCUT2D eigenvalue weighted by molar-refractivity contribution is -0.385. The smallest absolute Gasteiger partial charge is 0.276 e. The molecule has 0 saturated heterocycles. The van der Waals surface area contributed by atoms with Gasteiger partial charge in [0.1, 0.15) is 5.82 Å². The zero-order valence-corrected chi connectivity index (χ0v) is 14.9. The van der Waals surface area contributed by atoms with Crippen LogP contribution in [0, 0.1) is 22.9 Å². The maximum absolute atomic E-state index is 13.8. The van der Waals surface area contributed by atoms with Gasteiger partial charge in [-0.25, -0.2) is 4.39 Å². The first-order valence-corrected chi connectivity index (χ1v) is 8.83. The molecule has 0 bridgehead atoms. The van der Waals surface area contributed by atoms with Crippen LogP contribution >= 0.6 is 0 Å². The lowest BCUT2D eigenvalue weighted by Gasteiger charge is -2.31. The number of carbonyl (C=O) groups is 1. The second kappa shape index (κ2) is 8.89. The van der Waals surface area contributed by atoms with E-state index in [0.29, 0.717) is 12.6 Å². The molecule has 1 aromatic rings. The number of nitrogens with zero attached hydrogens (tertiary/aromatic N) is 2. The van der Waals surface area contributed by atoms with Gasteiger partial charge in [0, 0.05) is 24.2 Å². The summed E-state index contributed by atoms with van der Waals surface area (Å²) in [6.45, 7) is 2.67. The van der Waals surface area contributed by atoms with Crippen molar-refractivity contribution >= 4 is 11.6 Å². The number of nitro benzene ring substituents is 1. The van der Waals surface area contributed by atoms with Gasteiger partial charge >= 0.3 is 0 Å². The molecule has 0 radical (unpaired) electrons. The lowest BCUT2D eigenvalue weighted by atomic mass is 9.94. The van der Waals surface area contributed by atoms with Crippen LogP contribution in [-0.2, 0) is 0 Å². The molecule has 25 heavy (non-hydrogen) atoms. The molecule has 0 unspecified atom stereocenters. The predicted octanol–water partition coefficient (Wildman–Crippen LogP) is 3.43. The van der Waals surface area contributed by atoms with Crippen molar-refractivity contribution in [3.63, 3.8) is 0 Å². The van der Waals surface area contributed by atoms with E-state index in [1.165, 1.54) is 39.0 Å². The molecule has 0 spiro atoms. The SMILES string of the molecule is Cc1c(F)cc(C(=O)NCCCN(C)C2CCCCC2)cc1[N+](=O)[O-]. The number of amides is 1. The molecule has 7 heteroatoms. The Kier molecular flexibility index (Phi) is 6.87. The van der Waals surface area contributed by atoms with Gasteiger partial charge in [-0.15, -0.1) is 0 Å². The van der Waals surface area contributed by atoms with Crippen molar-refractivity contribution in [1.29, 1.82) is 0 Å². The van der Waals surface area contributed by atoms with Gasteiger partial charge < -0.3 is 10.2 Å². The Labute approximate surface area is 147 Å². The molecular formula is C18H26FN3O3. The molecule has 1 aliphatic rings. The molecule has 1 saturated carbocycles. The fourth-order valence-corrected chi connectivity index (χ4v) is 3.32. The van der Waals surface area contributed by atoms with Gasteiger partial charge in [0.15, 0.2) is 0 Å². The van der Waals surface area contributed by atoms with E-state index in [2.05, 4.69) is 17.3 Å². The van der Waals surface area contributed by atoms with Crippen molar-refractivity contribution in [2.24, 2.45) is 0 Å². The number of rotatable bonds is 7. The van der Waals surface area contributed by atoms with Gasteiger partial charge in [0.05, 0.1) is 10.5 Å². The third-order valence-electron chi connectivity index (χ3n) is 4.95. The number of benzene rings is 1. The van der Waals surface area contributed by atoms with E-state index in [-0.39, 0.29) is 16.8 Å². The molecule has 138 valence electrons. The van der Waals surface area contributed by atoms with Gasteiger partial charge in [-0.05, 0) is 45.8 Å². The second-order valence-corrected chi connectivity index (χ2v) is 6.74. The number of halogens is 1. The number of nitro groups is 1. The minimum atomic E-state index is -0.739. The van der Waals surface area contributed by atoms with E-state index in [4.69, 9.17) is 0 Å². The van der Waals surface area contributed by atoms with Crippen molar-refractivity contribution in [2.75, 3.05) is 20.1 Å². The van der Waals surface area contributed by atoms with Crippen LogP contribution in [0.15, 0.2) is 12.1 Å². The molecule has 6 nitrogen and oxygen atoms in total. The minimum absolute atomic E-state index is 0.0181. The third-order valence-corrected chi connectivity index (χ3v) is 4.95. The zero-order valence-electron chi connectivity index (χ0n) is 14.9. The number of hydrogen-bond acceptors (Lipinski definition) is 4. The Morgan fingerprint density at radius 1 is 1.36 bits per heavy atom. The van der Waals surface area contributed by atoms with Gasteiger partial charge in [0.2, 0.25) is 0 Å². The molecule has 0 atom stereocenters. The van der Waals surface area contributed by atoms with E-state index < -0.39 is 16.6 Å². The molecular weight excluding hydrogens is 325 g/mol. The minimum Gasteiger partial charge on any atom is -0.352 e. The first kappa shape index (κ1) is 19.3. The highest BCUT2D eigenvalue weighted by molar-refractivity contribution is 5.95. The van der Waals surface area contributed by atoms with E-state index in [0.717, 1.165) is 25.1 Å². The van der Waals surface area contributed by atoms with Crippen molar-refractivity contribution in [3.8, 4) is 0 Å². The van der Waals surface area contributed by atoms with Crippen molar-refractivity contribution in [2.45, 2.75) is 51.5 Å². The summed E-state index contributed by atoms with van der Waals surface area (Å²) in [5, 5.41) is 13.7. The zero-order chi connectivity index (χ0) is 18.4. The topological polar surface area (TPSA) is 75.5 Å². The first-order chi connectivity index (χ1) is 11.9. The molecule has 0 aliphatic heterocycles. The first-order valence-electron chi connectivity index (χ1n) is 8.83. The van der Waals surface area contributed by atoms with E-state index >= 15 is 0 Å². The van der Waals surface area contributed by atoms with E-state index in [9.17, 15) is 19.3 Å². The Bertz CT molecular complexity index is 630. The van der Waals surface area contributed by atoms with Gasteiger partial charge in [-0.3, -0.25) is 14.9 Å². The van der Waals surface area contributed by atoms with Crippen LogP contribution in [0.1, 0.15) is 54.4 Å². The number of nitrogens with one attached hydrogen (secondary N) is 1. The van der Waals surface area contributed by atoms with Gasteiger partial charge in [0.25, 0.3) is 11.6 Å².